The van der Waals surface area contributed by atoms with E-state index in [9.17, 15) is 0 Å². The van der Waals surface area contributed by atoms with Crippen molar-refractivity contribution in [3.05, 3.63) is 0 Å². The van der Waals surface area contributed by atoms with Gasteiger partial charge in [0.1, 0.15) is 0 Å². The van der Waals surface area contributed by atoms with E-state index in [0.29, 0.717) is 6.61 Å². The third-order valence-electron chi connectivity index (χ3n) is 0.224. The van der Waals surface area contributed by atoms with Gasteiger partial charge in [0.05, 0.1) is 0 Å². The molecule has 0 spiro atoms. The van der Waals surface area contributed by atoms with E-state index in [1.807, 2.05) is 6.92 Å². The van der Waals surface area contributed by atoms with Gasteiger partial charge in [-0.25, -0.2) is 0 Å². The second-order valence-corrected chi connectivity index (χ2v) is 0.724. The minimum Gasteiger partial charge on any atom is -1.00 e. The predicted molar refractivity (Wildman–Crippen MR) is 17.4 cm³/mol. The number of aliphatic hydroxyl groups is 1. The zero-order valence-corrected chi connectivity index (χ0v) is 7.67. The van der Waals surface area contributed by atoms with Crippen LogP contribution in [0.5, 0.6) is 0 Å². The maximum atomic E-state index is 7.88. The van der Waals surface area contributed by atoms with Gasteiger partial charge in [-0.1, -0.05) is 6.92 Å². The van der Waals surface area contributed by atoms with Crippen molar-refractivity contribution in [1.29, 1.82) is 0 Å². The molecule has 0 aliphatic carbocycles. The summed E-state index contributed by atoms with van der Waals surface area (Å²) in [4.78, 5) is 0. The first-order valence-corrected chi connectivity index (χ1v) is 1.52. The fourth-order valence-electron chi connectivity index (χ4n) is 0. The van der Waals surface area contributed by atoms with E-state index in [-0.39, 0.29) is 31.9 Å². The second-order valence-electron chi connectivity index (χ2n) is 0.724. The topological polar surface area (TPSA) is 20.2 Å². The molecular weight excluding hydrogens is 153 g/mol. The van der Waals surface area contributed by atoms with Crippen LogP contribution in [0.25, 0.3) is 0 Å². The summed E-state index contributed by atoms with van der Waals surface area (Å²) in [7, 11) is 0. The van der Waals surface area contributed by atoms with Crippen LogP contribution >= 0.6 is 0 Å². The Morgan fingerprint density at radius 1 is 1.50 bits per heavy atom. The molecule has 0 bridgehead atoms. The van der Waals surface area contributed by atoms with Gasteiger partial charge in [0.15, 0.2) is 0 Å². The smallest absolute Gasteiger partial charge is 0.0428 e. The molecule has 0 saturated heterocycles. The van der Waals surface area contributed by atoms with Crippen molar-refractivity contribution in [3.63, 3.8) is 0 Å². The molecule has 0 radical (unpaired) electrons. The van der Waals surface area contributed by atoms with E-state index in [1.54, 1.807) is 0 Å². The Hall–Kier alpha value is 0.873. The van der Waals surface area contributed by atoms with Crippen molar-refractivity contribution in [1.82, 2.24) is 0 Å². The van der Waals surface area contributed by atoms with Gasteiger partial charge in [0.25, 0.3) is 0 Å². The Morgan fingerprint density at radius 2 is 1.67 bits per heavy atom. The van der Waals surface area contributed by atoms with Crippen molar-refractivity contribution in [2.45, 2.75) is 13.3 Å². The van der Waals surface area contributed by atoms with Gasteiger partial charge in [-0.3, -0.25) is 0 Å². The van der Waals surface area contributed by atoms with Crippen molar-refractivity contribution in [2.75, 3.05) is 6.61 Å². The van der Waals surface area contributed by atoms with Crippen molar-refractivity contribution in [3.8, 4) is 0 Å². The van der Waals surface area contributed by atoms with E-state index < -0.39 is 0 Å². The third-order valence-corrected chi connectivity index (χ3v) is 0.224. The first-order valence-electron chi connectivity index (χ1n) is 1.52. The fourth-order valence-corrected chi connectivity index (χ4v) is 0. The summed E-state index contributed by atoms with van der Waals surface area (Å²) < 4.78 is 0. The van der Waals surface area contributed by atoms with Crippen LogP contribution in [0.4, 0.5) is 0 Å². The largest absolute Gasteiger partial charge is 1.00 e. The van der Waals surface area contributed by atoms with Crippen molar-refractivity contribution < 1.29 is 37.0 Å². The summed E-state index contributed by atoms with van der Waals surface area (Å²) in [6, 6.07) is 0. The Kier molecular flexibility index (Phi) is 44.5. The molecule has 0 heterocycles. The molecule has 0 fully saturated rings. The summed E-state index contributed by atoms with van der Waals surface area (Å²) in [5.41, 5.74) is 0. The number of aliphatic hydroxyl groups excluding tert-OH is 1. The molecule has 0 rings (SSSR count). The zero-order chi connectivity index (χ0) is 3.41. The Bertz CT molecular complexity index is 12.8. The molecule has 0 amide bonds. The molecule has 0 atom stereocenters. The molecule has 1 N–H and O–H groups in total. The van der Waals surface area contributed by atoms with Crippen LogP contribution in [0.2, 0.25) is 0 Å². The summed E-state index contributed by atoms with van der Waals surface area (Å²) in [5.74, 6) is 0. The average molecular weight is 161 g/mol. The summed E-state index contributed by atoms with van der Waals surface area (Å²) in [6.45, 7) is 2.25. The predicted octanol–water partition coefficient (Wildman–Crippen LogP) is -2.61. The van der Waals surface area contributed by atoms with Crippen molar-refractivity contribution in [2.24, 2.45) is 0 Å². The molecule has 0 aliphatic heterocycles. The van der Waals surface area contributed by atoms with E-state index in [1.165, 1.54) is 0 Å². The number of hydrogen-bond acceptors (Lipinski definition) is 1. The van der Waals surface area contributed by atoms with Crippen molar-refractivity contribution >= 4 is 0 Å². The first kappa shape index (κ1) is 15.8. The van der Waals surface area contributed by atoms with Crippen LogP contribution in [0.15, 0.2) is 0 Å². The van der Waals surface area contributed by atoms with Gasteiger partial charge in [0, 0.05) is 26.1 Å². The first-order chi connectivity index (χ1) is 1.91. The van der Waals surface area contributed by atoms with E-state index in [4.69, 9.17) is 5.11 Å². The molecule has 36 valence electrons. The van der Waals surface area contributed by atoms with Gasteiger partial charge in [-0.05, 0) is 6.42 Å². The third kappa shape index (κ3) is 20.8. The maximum Gasteiger partial charge on any atom is 0.0428 e. The fraction of sp³-hybridized carbons (Fsp3) is 1.00. The summed E-state index contributed by atoms with van der Waals surface area (Å²) in [5, 5.41) is 7.88. The van der Waals surface area contributed by atoms with Crippen LogP contribution < -0.4 is 12.4 Å². The van der Waals surface area contributed by atoms with Gasteiger partial charge < -0.3 is 17.5 Å². The van der Waals surface area contributed by atoms with Gasteiger partial charge >= 0.3 is 0 Å². The average Bonchev–Trinajstić information content (AvgIpc) is 1.37. The Balaban J connectivity index is -0.0000000450. The van der Waals surface area contributed by atoms with E-state index >= 15 is 0 Å². The minimum absolute atomic E-state index is 0. The quantitative estimate of drug-likeness (QED) is 0.418. The zero-order valence-electron chi connectivity index (χ0n) is 3.95. The van der Waals surface area contributed by atoms with Crippen LogP contribution in [0.3, 0.4) is 0 Å². The molecule has 0 aromatic rings. The molecule has 1 nitrogen and oxygen atoms in total. The van der Waals surface area contributed by atoms with E-state index in [2.05, 4.69) is 0 Å². The normalized spacial score (nSPS) is 5.00. The minimum atomic E-state index is 0. The molecule has 0 aromatic heterocycles. The molecule has 0 aliphatic rings. The standard InChI is InChI=1S/C3H8O.ClH.Zn/c1-2-3-4;;/h4H,2-3H2,1H3;1H;/p-1. The SMILES string of the molecule is CCCO.[Cl-].[Zn]. The monoisotopic (exact) mass is 159 g/mol. The molecular formula is C3H8ClOZn-. The molecule has 0 saturated carbocycles. The van der Waals surface area contributed by atoms with Gasteiger partial charge in [-0.15, -0.1) is 0 Å². The summed E-state index contributed by atoms with van der Waals surface area (Å²) in [6.07, 6.45) is 0.875. The molecule has 0 unspecified atom stereocenters. The van der Waals surface area contributed by atoms with Crippen LogP contribution in [-0.4, -0.2) is 11.7 Å². The second kappa shape index (κ2) is 16.9. The Labute approximate surface area is 57.3 Å². The number of hydrogen-bond donors (Lipinski definition) is 1. The Morgan fingerprint density at radius 3 is 1.67 bits per heavy atom. The van der Waals surface area contributed by atoms with E-state index in [0.717, 1.165) is 6.42 Å². The summed E-state index contributed by atoms with van der Waals surface area (Å²) >= 11 is 0. The number of rotatable bonds is 1. The number of halogens is 1. The van der Waals surface area contributed by atoms with Crippen LogP contribution in [0, 0.1) is 0 Å². The van der Waals surface area contributed by atoms with Gasteiger partial charge in [0.2, 0.25) is 0 Å². The maximum absolute atomic E-state index is 7.88. The molecule has 3 heteroatoms. The van der Waals surface area contributed by atoms with Crippen LogP contribution in [-0.2, 0) is 19.5 Å². The molecule has 0 aromatic carbocycles. The van der Waals surface area contributed by atoms with Gasteiger partial charge in [-0.2, -0.15) is 0 Å². The van der Waals surface area contributed by atoms with Crippen LogP contribution in [0.1, 0.15) is 13.3 Å². The molecule has 6 heavy (non-hydrogen) atoms.